The lowest BCUT2D eigenvalue weighted by Gasteiger charge is -2.29. The number of hydrogen-bond donors (Lipinski definition) is 3. The average Bonchev–Trinajstić information content (AvgIpc) is 2.71. The number of carbonyl (C=O) groups excluding carboxylic acids is 2. The summed E-state index contributed by atoms with van der Waals surface area (Å²) in [5, 5.41) is 24.2. The van der Waals surface area contributed by atoms with E-state index in [-0.39, 0.29) is 32.0 Å². The van der Waals surface area contributed by atoms with Crippen molar-refractivity contribution < 1.29 is 29.3 Å². The third-order valence-corrected chi connectivity index (χ3v) is 4.68. The van der Waals surface area contributed by atoms with Gasteiger partial charge in [0.1, 0.15) is 0 Å². The third-order valence-electron chi connectivity index (χ3n) is 4.68. The van der Waals surface area contributed by atoms with Crippen molar-refractivity contribution in [2.45, 2.75) is 39.3 Å². The van der Waals surface area contributed by atoms with E-state index >= 15 is 0 Å². The molecule has 2 unspecified atom stereocenters. The molecule has 2 aromatic rings. The molecule has 2 aromatic carbocycles. The first-order valence-electron chi connectivity index (χ1n) is 10.3. The van der Waals surface area contributed by atoms with E-state index < -0.39 is 30.1 Å². The number of benzene rings is 2. The van der Waals surface area contributed by atoms with Gasteiger partial charge in [-0.05, 0) is 35.2 Å². The fourth-order valence-electron chi connectivity index (χ4n) is 3.29. The Hall–Kier alpha value is -3.13. The van der Waals surface area contributed by atoms with Crippen molar-refractivity contribution in [2.24, 2.45) is 5.92 Å². The number of urea groups is 1. The fraction of sp³-hybridized carbons (Fsp3) is 0.435. The Morgan fingerprint density at radius 1 is 1.06 bits per heavy atom. The minimum Gasteiger partial charge on any atom is -0.481 e. The van der Waals surface area contributed by atoms with Gasteiger partial charge < -0.3 is 25.2 Å². The number of aliphatic carboxylic acids is 1. The number of rotatable bonds is 10. The molecule has 2 amide bonds. The molecule has 3 N–H and O–H groups in total. The van der Waals surface area contributed by atoms with Crippen molar-refractivity contribution in [1.29, 1.82) is 0 Å². The lowest BCUT2D eigenvalue weighted by Crippen LogP contribution is -2.48. The number of carboxylic acids is 1. The summed E-state index contributed by atoms with van der Waals surface area (Å²) in [7, 11) is 0. The zero-order valence-corrected chi connectivity index (χ0v) is 18.1. The smallest absolute Gasteiger partial charge is 0.336 e. The zero-order chi connectivity index (χ0) is 23.0. The number of aliphatic hydroxyl groups is 1. The van der Waals surface area contributed by atoms with Gasteiger partial charge >= 0.3 is 18.0 Å². The lowest BCUT2D eigenvalue weighted by atomic mass is 10.00. The highest BCUT2D eigenvalue weighted by molar-refractivity contribution is 5.84. The molecule has 0 heterocycles. The Kier molecular flexibility index (Phi) is 8.81. The van der Waals surface area contributed by atoms with E-state index in [2.05, 4.69) is 5.32 Å². The summed E-state index contributed by atoms with van der Waals surface area (Å²) in [6.45, 7) is 5.57. The molecule has 31 heavy (non-hydrogen) atoms. The number of carbonyl (C=O) groups is 3. The molecule has 0 aromatic heterocycles. The van der Waals surface area contributed by atoms with Gasteiger partial charge in [-0.1, -0.05) is 50.2 Å². The number of aliphatic hydroxyl groups excluding tert-OH is 1. The van der Waals surface area contributed by atoms with Crippen molar-refractivity contribution in [1.82, 2.24) is 10.2 Å². The normalized spacial score (nSPS) is 12.9. The van der Waals surface area contributed by atoms with Gasteiger partial charge in [-0.15, -0.1) is 0 Å². The van der Waals surface area contributed by atoms with Gasteiger partial charge in [0.2, 0.25) is 0 Å². The van der Waals surface area contributed by atoms with Crippen LogP contribution in [-0.4, -0.2) is 58.9 Å². The molecule has 0 fully saturated rings. The summed E-state index contributed by atoms with van der Waals surface area (Å²) < 4.78 is 4.81. The van der Waals surface area contributed by atoms with Gasteiger partial charge in [-0.3, -0.25) is 4.79 Å². The maximum Gasteiger partial charge on any atom is 0.336 e. The summed E-state index contributed by atoms with van der Waals surface area (Å²) in [4.78, 5) is 37.5. The van der Waals surface area contributed by atoms with Crippen LogP contribution in [0.5, 0.6) is 0 Å². The first-order valence-corrected chi connectivity index (χ1v) is 10.3. The Bertz CT molecular complexity index is 914. The van der Waals surface area contributed by atoms with Crippen LogP contribution in [0.2, 0.25) is 0 Å². The van der Waals surface area contributed by atoms with Crippen LogP contribution in [0.4, 0.5) is 4.79 Å². The monoisotopic (exact) mass is 430 g/mol. The molecule has 0 spiro atoms. The molecule has 0 bridgehead atoms. The molecule has 8 heteroatoms. The maximum atomic E-state index is 13.0. The third kappa shape index (κ3) is 7.25. The number of esters is 1. The standard InChI is InChI=1S/C23H30N2O6/c1-4-31-22(29)20(26)14-25(13-15(2)3)23(30)24-19(12-21(27)28)18-10-9-16-7-5-6-8-17(16)11-18/h5-11,15,19-20,26H,4,12-14H2,1-3H3,(H,24,30)(H,27,28). The van der Waals surface area contributed by atoms with Gasteiger partial charge in [-0.25, -0.2) is 9.59 Å². The molecular weight excluding hydrogens is 400 g/mol. The van der Waals surface area contributed by atoms with Crippen molar-refractivity contribution in [3.63, 3.8) is 0 Å². The summed E-state index contributed by atoms with van der Waals surface area (Å²) in [6, 6.07) is 11.8. The number of nitrogens with one attached hydrogen (secondary N) is 1. The fourth-order valence-corrected chi connectivity index (χ4v) is 3.29. The van der Waals surface area contributed by atoms with E-state index in [1.54, 1.807) is 13.0 Å². The predicted octanol–water partition coefficient (Wildman–Crippen LogP) is 2.95. The first kappa shape index (κ1) is 24.1. The predicted molar refractivity (Wildman–Crippen MR) is 117 cm³/mol. The number of fused-ring (bicyclic) bond motifs is 1. The highest BCUT2D eigenvalue weighted by Gasteiger charge is 2.27. The Labute approximate surface area is 181 Å². The van der Waals surface area contributed by atoms with E-state index in [0.717, 1.165) is 10.8 Å². The second kappa shape index (κ2) is 11.3. The van der Waals surface area contributed by atoms with Crippen molar-refractivity contribution in [3.05, 3.63) is 48.0 Å². The van der Waals surface area contributed by atoms with Crippen LogP contribution < -0.4 is 5.32 Å². The van der Waals surface area contributed by atoms with Crippen molar-refractivity contribution in [3.8, 4) is 0 Å². The Morgan fingerprint density at radius 3 is 2.35 bits per heavy atom. The van der Waals surface area contributed by atoms with Gasteiger partial charge in [0, 0.05) is 6.54 Å². The summed E-state index contributed by atoms with van der Waals surface area (Å²) in [5.41, 5.74) is 0.657. The van der Waals surface area contributed by atoms with Gasteiger partial charge in [0.05, 0.1) is 25.6 Å². The second-order valence-electron chi connectivity index (χ2n) is 7.77. The molecule has 0 saturated carbocycles. The average molecular weight is 431 g/mol. The van der Waals surface area contributed by atoms with Crippen LogP contribution in [0.15, 0.2) is 42.5 Å². The number of nitrogens with zero attached hydrogens (tertiary/aromatic N) is 1. The van der Waals surface area contributed by atoms with Crippen LogP contribution in [0.25, 0.3) is 10.8 Å². The van der Waals surface area contributed by atoms with E-state index in [1.165, 1.54) is 4.90 Å². The lowest BCUT2D eigenvalue weighted by molar-refractivity contribution is -0.153. The Morgan fingerprint density at radius 2 is 1.74 bits per heavy atom. The molecule has 0 saturated heterocycles. The molecule has 168 valence electrons. The van der Waals surface area contributed by atoms with Crippen molar-refractivity contribution >= 4 is 28.7 Å². The van der Waals surface area contributed by atoms with Crippen LogP contribution in [0, 0.1) is 5.92 Å². The van der Waals surface area contributed by atoms with E-state index in [0.29, 0.717) is 5.56 Å². The van der Waals surface area contributed by atoms with Gasteiger partial charge in [-0.2, -0.15) is 0 Å². The van der Waals surface area contributed by atoms with Gasteiger partial charge in [0.15, 0.2) is 6.10 Å². The molecular formula is C23H30N2O6. The summed E-state index contributed by atoms with van der Waals surface area (Å²) >= 11 is 0. The second-order valence-corrected chi connectivity index (χ2v) is 7.77. The Balaban J connectivity index is 2.23. The molecule has 0 aliphatic heterocycles. The highest BCUT2D eigenvalue weighted by Crippen LogP contribution is 2.23. The number of ether oxygens (including phenoxy) is 1. The minimum absolute atomic E-state index is 0.0683. The molecule has 8 nitrogen and oxygen atoms in total. The first-order chi connectivity index (χ1) is 14.7. The SMILES string of the molecule is CCOC(=O)C(O)CN(CC(C)C)C(=O)NC(CC(=O)O)c1ccc2ccccc2c1. The van der Waals surface area contributed by atoms with Crippen molar-refractivity contribution in [2.75, 3.05) is 19.7 Å². The van der Waals surface area contributed by atoms with Crippen LogP contribution in [0.3, 0.4) is 0 Å². The number of amides is 2. The largest absolute Gasteiger partial charge is 0.481 e. The molecule has 2 rings (SSSR count). The van der Waals surface area contributed by atoms with E-state index in [1.807, 2.05) is 50.2 Å². The molecule has 0 aliphatic rings. The number of carboxylic acid groups (broad SMARTS) is 1. The summed E-state index contributed by atoms with van der Waals surface area (Å²) in [6.07, 6.45) is -1.79. The van der Waals surface area contributed by atoms with E-state index in [9.17, 15) is 24.6 Å². The summed E-state index contributed by atoms with van der Waals surface area (Å²) in [5.74, 6) is -1.79. The van der Waals surface area contributed by atoms with Crippen LogP contribution >= 0.6 is 0 Å². The maximum absolute atomic E-state index is 13.0. The molecule has 0 aliphatic carbocycles. The van der Waals surface area contributed by atoms with Crippen LogP contribution in [0.1, 0.15) is 38.8 Å². The molecule has 0 radical (unpaired) electrons. The zero-order valence-electron chi connectivity index (χ0n) is 18.1. The minimum atomic E-state index is -1.48. The topological polar surface area (TPSA) is 116 Å². The number of hydrogen-bond acceptors (Lipinski definition) is 5. The molecule has 2 atom stereocenters. The quantitative estimate of drug-likeness (QED) is 0.499. The van der Waals surface area contributed by atoms with Gasteiger partial charge in [0.25, 0.3) is 0 Å². The van der Waals surface area contributed by atoms with Crippen LogP contribution in [-0.2, 0) is 14.3 Å². The highest BCUT2D eigenvalue weighted by atomic mass is 16.5. The van der Waals surface area contributed by atoms with E-state index in [4.69, 9.17) is 4.74 Å².